The summed E-state index contributed by atoms with van der Waals surface area (Å²) < 4.78 is 0. The minimum atomic E-state index is -1.75. The Morgan fingerprint density at radius 3 is 1.43 bits per heavy atom. The molecule has 0 aliphatic carbocycles. The van der Waals surface area contributed by atoms with Gasteiger partial charge in [0, 0.05) is 24.8 Å². The second-order valence-electron chi connectivity index (χ2n) is 2.93. The zero-order valence-corrected chi connectivity index (χ0v) is 11.9. The summed E-state index contributed by atoms with van der Waals surface area (Å²) in [5.41, 5.74) is 1.21. The molecule has 21 heavy (non-hydrogen) atoms. The number of nitrogens with zero attached hydrogens (tertiary/aromatic N) is 5. The number of hydrogen-bond acceptors (Lipinski definition) is 7. The van der Waals surface area contributed by atoms with Gasteiger partial charge in [0.05, 0.1) is 16.2 Å². The summed E-state index contributed by atoms with van der Waals surface area (Å²) in [7, 11) is 0. The fourth-order valence-electron chi connectivity index (χ4n) is 0.858. The molecule has 0 atom stereocenters. The Morgan fingerprint density at radius 1 is 0.952 bits per heavy atom. The molecule has 0 aromatic carbocycles. The van der Waals surface area contributed by atoms with Crippen LogP contribution >= 0.6 is 0 Å². The molecule has 0 spiro atoms. The molecular formula is C12H8AgN5O3. The monoisotopic (exact) mass is 377 g/mol. The van der Waals surface area contributed by atoms with E-state index in [4.69, 9.17) is 25.8 Å². The van der Waals surface area contributed by atoms with Crippen molar-refractivity contribution < 1.29 is 27.5 Å². The van der Waals surface area contributed by atoms with Gasteiger partial charge in [0.25, 0.3) is 0 Å². The van der Waals surface area contributed by atoms with E-state index in [0.717, 1.165) is 0 Å². The van der Waals surface area contributed by atoms with Crippen LogP contribution in [-0.4, -0.2) is 15.1 Å². The second kappa shape index (κ2) is 13.6. The van der Waals surface area contributed by atoms with E-state index in [1.807, 2.05) is 12.1 Å². The van der Waals surface area contributed by atoms with Crippen molar-refractivity contribution in [1.29, 1.82) is 10.5 Å². The first-order valence-corrected chi connectivity index (χ1v) is 5.02. The van der Waals surface area contributed by atoms with Gasteiger partial charge in [-0.3, -0.25) is 9.97 Å². The molecule has 0 saturated carbocycles. The number of hydrogen-bond donors (Lipinski definition) is 0. The van der Waals surface area contributed by atoms with E-state index in [9.17, 15) is 0 Å². The molecule has 0 saturated heterocycles. The van der Waals surface area contributed by atoms with Crippen LogP contribution in [0.25, 0.3) is 0 Å². The molecule has 0 amide bonds. The van der Waals surface area contributed by atoms with E-state index < -0.39 is 5.09 Å². The van der Waals surface area contributed by atoms with Crippen LogP contribution in [0.5, 0.6) is 0 Å². The van der Waals surface area contributed by atoms with Gasteiger partial charge >= 0.3 is 22.4 Å². The molecule has 0 N–H and O–H groups in total. The van der Waals surface area contributed by atoms with Crippen molar-refractivity contribution in [3.8, 4) is 12.1 Å². The van der Waals surface area contributed by atoms with Crippen molar-refractivity contribution in [1.82, 2.24) is 9.97 Å². The SMILES string of the molecule is N#Cc1cccnc1.N#Cc1cccnc1.O=[N+]([O-])[O-].[Ag+]. The maximum absolute atomic E-state index is 8.25. The number of rotatable bonds is 0. The zero-order chi connectivity index (χ0) is 15.2. The summed E-state index contributed by atoms with van der Waals surface area (Å²) in [6, 6.07) is 10.8. The Balaban J connectivity index is 0. The van der Waals surface area contributed by atoms with Gasteiger partial charge in [0.15, 0.2) is 0 Å². The smallest absolute Gasteiger partial charge is 0.356 e. The molecule has 2 heterocycles. The molecule has 0 aliphatic heterocycles. The molecular weight excluding hydrogens is 370 g/mol. The van der Waals surface area contributed by atoms with Gasteiger partial charge in [-0.1, -0.05) is 0 Å². The van der Waals surface area contributed by atoms with Crippen LogP contribution in [0.1, 0.15) is 11.1 Å². The summed E-state index contributed by atoms with van der Waals surface area (Å²) in [6.45, 7) is 0. The third-order valence-corrected chi connectivity index (χ3v) is 1.58. The van der Waals surface area contributed by atoms with Crippen LogP contribution in [0, 0.1) is 38.0 Å². The van der Waals surface area contributed by atoms with Gasteiger partial charge in [-0.05, 0) is 24.3 Å². The molecule has 8 nitrogen and oxygen atoms in total. The Bertz CT molecular complexity index is 542. The molecule has 2 aromatic heterocycles. The summed E-state index contributed by atoms with van der Waals surface area (Å²) in [6.07, 6.45) is 6.34. The molecule has 110 valence electrons. The summed E-state index contributed by atoms with van der Waals surface area (Å²) in [5.74, 6) is 0. The van der Waals surface area contributed by atoms with Crippen LogP contribution in [0.3, 0.4) is 0 Å². The van der Waals surface area contributed by atoms with Gasteiger partial charge in [0.1, 0.15) is 12.1 Å². The van der Waals surface area contributed by atoms with Crippen LogP contribution in [0.2, 0.25) is 0 Å². The van der Waals surface area contributed by atoms with E-state index in [-0.39, 0.29) is 22.4 Å². The second-order valence-corrected chi connectivity index (χ2v) is 2.93. The molecule has 9 heteroatoms. The van der Waals surface area contributed by atoms with Crippen LogP contribution in [0.4, 0.5) is 0 Å². The first-order chi connectivity index (χ1) is 9.60. The van der Waals surface area contributed by atoms with Crippen molar-refractivity contribution >= 4 is 0 Å². The van der Waals surface area contributed by atoms with E-state index in [1.54, 1.807) is 36.7 Å². The van der Waals surface area contributed by atoms with Crippen molar-refractivity contribution in [2.75, 3.05) is 0 Å². The average molecular weight is 378 g/mol. The molecule has 0 bridgehead atoms. The van der Waals surface area contributed by atoms with E-state index in [1.165, 1.54) is 12.4 Å². The predicted molar refractivity (Wildman–Crippen MR) is 68.3 cm³/mol. The number of nitriles is 2. The van der Waals surface area contributed by atoms with Gasteiger partial charge in [0.2, 0.25) is 0 Å². The summed E-state index contributed by atoms with van der Waals surface area (Å²) >= 11 is 0. The van der Waals surface area contributed by atoms with Crippen molar-refractivity contribution in [3.05, 3.63) is 75.5 Å². The van der Waals surface area contributed by atoms with E-state index >= 15 is 0 Å². The zero-order valence-electron chi connectivity index (χ0n) is 10.4. The van der Waals surface area contributed by atoms with Crippen LogP contribution < -0.4 is 0 Å². The molecule has 0 radical (unpaired) electrons. The maximum Gasteiger partial charge on any atom is 1.00 e. The van der Waals surface area contributed by atoms with Crippen LogP contribution in [0.15, 0.2) is 49.1 Å². The van der Waals surface area contributed by atoms with Gasteiger partial charge in [-0.2, -0.15) is 10.5 Å². The first kappa shape index (κ1) is 20.5. The number of aromatic nitrogens is 2. The van der Waals surface area contributed by atoms with E-state index in [0.29, 0.717) is 11.1 Å². The van der Waals surface area contributed by atoms with E-state index in [2.05, 4.69) is 9.97 Å². The fraction of sp³-hybridized carbons (Fsp3) is 0. The Kier molecular flexibility index (Phi) is 13.3. The maximum atomic E-state index is 8.25. The third kappa shape index (κ3) is 13.5. The fourth-order valence-corrected chi connectivity index (χ4v) is 0.858. The third-order valence-electron chi connectivity index (χ3n) is 1.58. The van der Waals surface area contributed by atoms with Crippen LogP contribution in [-0.2, 0) is 22.4 Å². The number of pyridine rings is 2. The quantitative estimate of drug-likeness (QED) is 0.386. The Morgan fingerprint density at radius 2 is 1.29 bits per heavy atom. The average Bonchev–Trinajstić information content (AvgIpc) is 2.49. The topological polar surface area (TPSA) is 140 Å². The Labute approximate surface area is 135 Å². The largest absolute Gasteiger partial charge is 1.00 e. The van der Waals surface area contributed by atoms with Crippen molar-refractivity contribution in [3.63, 3.8) is 0 Å². The van der Waals surface area contributed by atoms with Crippen molar-refractivity contribution in [2.45, 2.75) is 0 Å². The standard InChI is InChI=1S/2C6H4N2.Ag.NO3/c2*7-4-6-2-1-3-8-5-6;;2-1(3)4/h2*1-3,5H;;/q;;+1;-1. The van der Waals surface area contributed by atoms with Gasteiger partial charge < -0.3 is 15.3 Å². The van der Waals surface area contributed by atoms with Gasteiger partial charge in [-0.15, -0.1) is 0 Å². The minimum Gasteiger partial charge on any atom is -0.356 e. The summed E-state index contributed by atoms with van der Waals surface area (Å²) in [4.78, 5) is 15.7. The molecule has 2 aromatic rings. The minimum absolute atomic E-state index is 0. The van der Waals surface area contributed by atoms with Gasteiger partial charge in [-0.25, -0.2) is 0 Å². The summed E-state index contributed by atoms with van der Waals surface area (Å²) in [5, 5.41) is 31.2. The normalized spacial score (nSPS) is 7.14. The molecule has 0 fully saturated rings. The first-order valence-electron chi connectivity index (χ1n) is 5.02. The van der Waals surface area contributed by atoms with Crippen molar-refractivity contribution in [2.24, 2.45) is 0 Å². The Hall–Kier alpha value is -2.78. The predicted octanol–water partition coefficient (Wildman–Crippen LogP) is 1.66. The molecule has 0 unspecified atom stereocenters. The molecule has 2 rings (SSSR count). The molecule has 0 aliphatic rings.